The highest BCUT2D eigenvalue weighted by Crippen LogP contribution is 2.54. The van der Waals surface area contributed by atoms with Crippen LogP contribution in [-0.4, -0.2) is 34.6 Å². The summed E-state index contributed by atoms with van der Waals surface area (Å²) in [5.41, 5.74) is 3.62. The van der Waals surface area contributed by atoms with E-state index in [1.54, 1.807) is 36.4 Å². The van der Waals surface area contributed by atoms with Crippen molar-refractivity contribution in [3.63, 3.8) is 0 Å². The van der Waals surface area contributed by atoms with Crippen LogP contribution in [0.3, 0.4) is 0 Å². The molecule has 3 atom stereocenters. The summed E-state index contributed by atoms with van der Waals surface area (Å²) >= 11 is 8.63. The number of imide groups is 1. The number of halogens is 1. The standard InChI is InChI=1S/C30H24ClN3O5S2/c1-15-7-10-18(11-8-15)34-28(36)24-23(25-27(33-30(38)41-25)40-26(24)29(34)37)19-13-17(31)9-12-21(19)39-14-22(35)32-20-6-4-3-5-16(20)2/h3-13,23-24,26H,14H2,1-2H3,(H,32,35)(H,33,38)/t23-,24?,26?/m1/s1. The highest BCUT2D eigenvalue weighted by molar-refractivity contribution is 8.00. The molecule has 2 aliphatic heterocycles. The zero-order valence-corrected chi connectivity index (χ0v) is 24.4. The molecule has 3 amide bonds. The lowest BCUT2D eigenvalue weighted by Crippen LogP contribution is -2.32. The molecule has 41 heavy (non-hydrogen) atoms. The number of hydrogen-bond acceptors (Lipinski definition) is 7. The Bertz CT molecular complexity index is 1750. The third-order valence-electron chi connectivity index (χ3n) is 7.20. The number of nitrogens with one attached hydrogen (secondary N) is 2. The molecule has 2 unspecified atom stereocenters. The van der Waals surface area contributed by atoms with E-state index < -0.39 is 17.1 Å². The molecular formula is C30H24ClN3O5S2. The van der Waals surface area contributed by atoms with Crippen LogP contribution in [0.1, 0.15) is 27.5 Å². The first kappa shape index (κ1) is 27.3. The SMILES string of the molecule is Cc1ccc(N2C(=O)C3Sc4[nH]c(=O)sc4[C@H](c4cc(Cl)ccc4OCC(=O)Nc4ccccc4C)C3C2=O)cc1. The summed E-state index contributed by atoms with van der Waals surface area (Å²) in [5.74, 6) is -2.24. The molecule has 1 aromatic heterocycles. The zero-order valence-electron chi connectivity index (χ0n) is 22.0. The van der Waals surface area contributed by atoms with Crippen LogP contribution in [-0.2, 0) is 14.4 Å². The summed E-state index contributed by atoms with van der Waals surface area (Å²) in [5, 5.41) is 3.02. The number of hydrogen-bond donors (Lipinski definition) is 2. The lowest BCUT2D eigenvalue weighted by Gasteiger charge is -2.31. The fraction of sp³-hybridized carbons (Fsp3) is 0.200. The predicted octanol–water partition coefficient (Wildman–Crippen LogP) is 5.52. The zero-order chi connectivity index (χ0) is 28.8. The van der Waals surface area contributed by atoms with Crippen molar-refractivity contribution < 1.29 is 19.1 Å². The molecule has 0 radical (unpaired) electrons. The molecule has 0 aliphatic carbocycles. The number of carbonyl (C=O) groups excluding carboxylic acids is 3. The first-order chi connectivity index (χ1) is 19.7. The van der Waals surface area contributed by atoms with E-state index in [0.717, 1.165) is 22.5 Å². The molecule has 0 saturated carbocycles. The maximum Gasteiger partial charge on any atom is 0.305 e. The summed E-state index contributed by atoms with van der Waals surface area (Å²) in [6.45, 7) is 3.53. The Hall–Kier alpha value is -3.86. The summed E-state index contributed by atoms with van der Waals surface area (Å²) in [6, 6.07) is 19.6. The Balaban J connectivity index is 1.37. The fourth-order valence-corrected chi connectivity index (χ4v) is 7.92. The van der Waals surface area contributed by atoms with Crippen molar-refractivity contribution in [1.82, 2.24) is 4.98 Å². The molecule has 2 aliphatic rings. The van der Waals surface area contributed by atoms with Crippen LogP contribution in [0.15, 0.2) is 76.6 Å². The Morgan fingerprint density at radius 3 is 2.54 bits per heavy atom. The van der Waals surface area contributed by atoms with E-state index in [0.29, 0.717) is 37.6 Å². The highest BCUT2D eigenvalue weighted by Gasteiger charge is 2.56. The van der Waals surface area contributed by atoms with Crippen LogP contribution < -0.4 is 19.8 Å². The van der Waals surface area contributed by atoms with Crippen molar-refractivity contribution in [3.05, 3.63) is 103 Å². The van der Waals surface area contributed by atoms with Crippen LogP contribution >= 0.6 is 34.7 Å². The van der Waals surface area contributed by atoms with Gasteiger partial charge >= 0.3 is 4.87 Å². The van der Waals surface area contributed by atoms with E-state index in [1.165, 1.54) is 16.7 Å². The molecular weight excluding hydrogens is 582 g/mol. The average Bonchev–Trinajstić information content (AvgIpc) is 3.44. The van der Waals surface area contributed by atoms with Crippen LogP contribution in [0.5, 0.6) is 5.75 Å². The number of ether oxygens (including phenoxy) is 1. The van der Waals surface area contributed by atoms with Gasteiger partial charge in [0.25, 0.3) is 5.91 Å². The van der Waals surface area contributed by atoms with Crippen LogP contribution in [0, 0.1) is 19.8 Å². The smallest absolute Gasteiger partial charge is 0.305 e. The highest BCUT2D eigenvalue weighted by atomic mass is 35.5. The second-order valence-electron chi connectivity index (χ2n) is 9.93. The minimum Gasteiger partial charge on any atom is -0.483 e. The number of amides is 3. The van der Waals surface area contributed by atoms with Gasteiger partial charge in [-0.2, -0.15) is 0 Å². The molecule has 1 saturated heterocycles. The monoisotopic (exact) mass is 605 g/mol. The molecule has 8 nitrogen and oxygen atoms in total. The quantitative estimate of drug-likeness (QED) is 0.280. The summed E-state index contributed by atoms with van der Waals surface area (Å²) < 4.78 is 6.01. The van der Waals surface area contributed by atoms with E-state index in [-0.39, 0.29) is 29.2 Å². The molecule has 11 heteroatoms. The van der Waals surface area contributed by atoms with Crippen LogP contribution in [0.25, 0.3) is 0 Å². The van der Waals surface area contributed by atoms with Crippen molar-refractivity contribution in [3.8, 4) is 5.75 Å². The third-order valence-corrected chi connectivity index (χ3v) is 9.84. The van der Waals surface area contributed by atoms with Crippen molar-refractivity contribution in [2.45, 2.75) is 30.0 Å². The van der Waals surface area contributed by atoms with Gasteiger partial charge in [-0.1, -0.05) is 70.6 Å². The summed E-state index contributed by atoms with van der Waals surface area (Å²) in [6.07, 6.45) is 0. The first-order valence-corrected chi connectivity index (χ1v) is 14.9. The number of nitrogens with zero attached hydrogens (tertiary/aromatic N) is 1. The number of benzene rings is 3. The number of H-pyrrole nitrogens is 1. The molecule has 3 heterocycles. The minimum absolute atomic E-state index is 0.287. The number of para-hydroxylation sites is 1. The Labute approximate surface area is 248 Å². The molecule has 4 aromatic rings. The van der Waals surface area contributed by atoms with Crippen molar-refractivity contribution >= 4 is 63.8 Å². The number of aromatic amines is 1. The van der Waals surface area contributed by atoms with E-state index in [2.05, 4.69) is 10.3 Å². The molecule has 6 rings (SSSR count). The number of anilines is 2. The van der Waals surface area contributed by atoms with E-state index in [1.807, 2.05) is 44.2 Å². The fourth-order valence-electron chi connectivity index (χ4n) is 5.24. The normalized spacial score (nSPS) is 19.6. The number of fused-ring (bicyclic) bond motifs is 2. The number of aryl methyl sites for hydroxylation is 2. The van der Waals surface area contributed by atoms with Gasteiger partial charge in [-0.25, -0.2) is 4.90 Å². The van der Waals surface area contributed by atoms with Gasteiger partial charge in [-0.15, -0.1) is 0 Å². The number of thiazole rings is 1. The minimum atomic E-state index is -0.811. The molecule has 0 spiro atoms. The number of aromatic nitrogens is 1. The van der Waals surface area contributed by atoms with Gasteiger partial charge in [-0.05, 0) is 55.8 Å². The van der Waals surface area contributed by atoms with Gasteiger partial charge < -0.3 is 15.0 Å². The average molecular weight is 606 g/mol. The second kappa shape index (κ2) is 10.8. The van der Waals surface area contributed by atoms with Crippen molar-refractivity contribution in [1.29, 1.82) is 0 Å². The Kier molecular flexibility index (Phi) is 7.23. The number of rotatable bonds is 6. The van der Waals surface area contributed by atoms with E-state index >= 15 is 0 Å². The van der Waals surface area contributed by atoms with Crippen LogP contribution in [0.4, 0.5) is 11.4 Å². The molecule has 3 aromatic carbocycles. The van der Waals surface area contributed by atoms with Gasteiger partial charge in [0.1, 0.15) is 11.0 Å². The number of carbonyl (C=O) groups is 3. The van der Waals surface area contributed by atoms with Gasteiger partial charge in [0, 0.05) is 27.1 Å². The summed E-state index contributed by atoms with van der Waals surface area (Å²) in [7, 11) is 0. The van der Waals surface area contributed by atoms with Gasteiger partial charge in [0.05, 0.1) is 16.6 Å². The van der Waals surface area contributed by atoms with Crippen molar-refractivity contribution in [2.24, 2.45) is 5.92 Å². The van der Waals surface area contributed by atoms with Crippen molar-refractivity contribution in [2.75, 3.05) is 16.8 Å². The molecule has 208 valence electrons. The largest absolute Gasteiger partial charge is 0.483 e. The maximum atomic E-state index is 14.0. The lowest BCUT2D eigenvalue weighted by molar-refractivity contribution is -0.122. The molecule has 2 N–H and O–H groups in total. The topological polar surface area (TPSA) is 109 Å². The second-order valence-corrected chi connectivity index (χ2v) is 12.5. The maximum absolute atomic E-state index is 14.0. The third kappa shape index (κ3) is 5.07. The molecule has 0 bridgehead atoms. The first-order valence-electron chi connectivity index (χ1n) is 12.8. The predicted molar refractivity (Wildman–Crippen MR) is 160 cm³/mol. The number of thioether (sulfide) groups is 1. The van der Waals surface area contributed by atoms with Gasteiger partial charge in [-0.3, -0.25) is 19.2 Å². The van der Waals surface area contributed by atoms with E-state index in [4.69, 9.17) is 16.3 Å². The van der Waals surface area contributed by atoms with Gasteiger partial charge in [0.15, 0.2) is 6.61 Å². The van der Waals surface area contributed by atoms with Crippen LogP contribution in [0.2, 0.25) is 5.02 Å². The van der Waals surface area contributed by atoms with E-state index in [9.17, 15) is 19.2 Å². The summed E-state index contributed by atoms with van der Waals surface area (Å²) in [4.78, 5) is 57.3. The lowest BCUT2D eigenvalue weighted by atomic mass is 9.82. The van der Waals surface area contributed by atoms with Gasteiger partial charge in [0.2, 0.25) is 11.8 Å². The Morgan fingerprint density at radius 1 is 1.02 bits per heavy atom. The Morgan fingerprint density at radius 2 is 1.78 bits per heavy atom. The molecule has 1 fully saturated rings.